The summed E-state index contributed by atoms with van der Waals surface area (Å²) in [5.74, 6) is -0.437. The largest absolute Gasteiger partial charge is 0.464 e. The van der Waals surface area contributed by atoms with Crippen LogP contribution in [-0.2, 0) is 16.1 Å². The fourth-order valence-electron chi connectivity index (χ4n) is 0.991. The highest BCUT2D eigenvalue weighted by Gasteiger charge is 2.11. The fourth-order valence-corrected chi connectivity index (χ4v) is 0.991. The molecule has 0 aliphatic heterocycles. The minimum Gasteiger partial charge on any atom is -0.464 e. The van der Waals surface area contributed by atoms with Crippen molar-refractivity contribution in [3.05, 3.63) is 29.6 Å². The van der Waals surface area contributed by atoms with E-state index in [2.05, 4.69) is 9.72 Å². The molecular weight excluding hydrogens is 170 g/mol. The molecule has 0 N–H and O–H groups in total. The van der Waals surface area contributed by atoms with E-state index in [0.717, 1.165) is 5.56 Å². The van der Waals surface area contributed by atoms with Crippen LogP contribution in [0.1, 0.15) is 16.1 Å². The van der Waals surface area contributed by atoms with Crippen LogP contribution in [0.25, 0.3) is 0 Å². The standard InChI is InChI=1S/C9H11NO3/c1-12-6-7-4-3-5-10-8(7)9(11)13-2/h3-5H,6H2,1-2H3. The van der Waals surface area contributed by atoms with Crippen molar-refractivity contribution in [1.82, 2.24) is 4.98 Å². The zero-order valence-electron chi connectivity index (χ0n) is 7.61. The zero-order chi connectivity index (χ0) is 9.68. The summed E-state index contributed by atoms with van der Waals surface area (Å²) < 4.78 is 9.48. The molecule has 0 aliphatic carbocycles. The van der Waals surface area contributed by atoms with Crippen LogP contribution in [0.2, 0.25) is 0 Å². The second-order valence-corrected chi connectivity index (χ2v) is 2.44. The van der Waals surface area contributed by atoms with Crippen molar-refractivity contribution in [2.24, 2.45) is 0 Å². The van der Waals surface area contributed by atoms with E-state index in [1.165, 1.54) is 7.11 Å². The predicted octanol–water partition coefficient (Wildman–Crippen LogP) is 1.01. The van der Waals surface area contributed by atoms with Gasteiger partial charge in [0.15, 0.2) is 5.69 Å². The lowest BCUT2D eigenvalue weighted by Gasteiger charge is -2.04. The average Bonchev–Trinajstić information content (AvgIpc) is 2.18. The van der Waals surface area contributed by atoms with E-state index in [4.69, 9.17) is 4.74 Å². The first kappa shape index (κ1) is 9.67. The zero-order valence-corrected chi connectivity index (χ0v) is 7.61. The molecule has 1 rings (SSSR count). The molecule has 4 nitrogen and oxygen atoms in total. The van der Waals surface area contributed by atoms with E-state index >= 15 is 0 Å². The van der Waals surface area contributed by atoms with Crippen LogP contribution in [0.5, 0.6) is 0 Å². The van der Waals surface area contributed by atoms with Crippen LogP contribution in [0.3, 0.4) is 0 Å². The van der Waals surface area contributed by atoms with Gasteiger partial charge in [-0.15, -0.1) is 0 Å². The summed E-state index contributed by atoms with van der Waals surface area (Å²) in [6.07, 6.45) is 1.55. The van der Waals surface area contributed by atoms with E-state index < -0.39 is 5.97 Å². The van der Waals surface area contributed by atoms with Crippen molar-refractivity contribution in [2.75, 3.05) is 14.2 Å². The van der Waals surface area contributed by atoms with Crippen molar-refractivity contribution in [1.29, 1.82) is 0 Å². The lowest BCUT2D eigenvalue weighted by Crippen LogP contribution is -2.08. The van der Waals surface area contributed by atoms with Crippen molar-refractivity contribution >= 4 is 5.97 Å². The average molecular weight is 181 g/mol. The number of rotatable bonds is 3. The third-order valence-electron chi connectivity index (χ3n) is 1.57. The van der Waals surface area contributed by atoms with Gasteiger partial charge in [-0.05, 0) is 6.07 Å². The SMILES string of the molecule is COCc1cccnc1C(=O)OC. The molecule has 0 saturated carbocycles. The van der Waals surface area contributed by atoms with Crippen molar-refractivity contribution < 1.29 is 14.3 Å². The number of ether oxygens (including phenoxy) is 2. The predicted molar refractivity (Wildman–Crippen MR) is 46.3 cm³/mol. The summed E-state index contributed by atoms with van der Waals surface area (Å²) in [5, 5.41) is 0. The van der Waals surface area contributed by atoms with Gasteiger partial charge in [0.05, 0.1) is 13.7 Å². The minimum atomic E-state index is -0.437. The number of nitrogens with zero attached hydrogens (tertiary/aromatic N) is 1. The van der Waals surface area contributed by atoms with E-state index in [9.17, 15) is 4.79 Å². The van der Waals surface area contributed by atoms with Crippen molar-refractivity contribution in [3.63, 3.8) is 0 Å². The Morgan fingerprint density at radius 1 is 1.54 bits per heavy atom. The number of pyridine rings is 1. The molecule has 1 aromatic heterocycles. The van der Waals surface area contributed by atoms with E-state index in [1.807, 2.05) is 0 Å². The molecule has 0 spiro atoms. The summed E-state index contributed by atoms with van der Waals surface area (Å²) in [4.78, 5) is 15.1. The highest BCUT2D eigenvalue weighted by Crippen LogP contribution is 2.07. The second-order valence-electron chi connectivity index (χ2n) is 2.44. The Morgan fingerprint density at radius 3 is 2.92 bits per heavy atom. The smallest absolute Gasteiger partial charge is 0.357 e. The van der Waals surface area contributed by atoms with E-state index in [0.29, 0.717) is 12.3 Å². The summed E-state index contributed by atoms with van der Waals surface area (Å²) in [6.45, 7) is 0.359. The quantitative estimate of drug-likeness (QED) is 0.653. The van der Waals surface area contributed by atoms with Crippen LogP contribution in [-0.4, -0.2) is 25.2 Å². The maximum Gasteiger partial charge on any atom is 0.357 e. The highest BCUT2D eigenvalue weighted by atomic mass is 16.5. The lowest BCUT2D eigenvalue weighted by atomic mass is 10.2. The molecule has 4 heteroatoms. The molecule has 0 atom stereocenters. The summed E-state index contributed by atoms with van der Waals surface area (Å²) in [7, 11) is 2.89. The van der Waals surface area contributed by atoms with Crippen LogP contribution in [0.4, 0.5) is 0 Å². The van der Waals surface area contributed by atoms with Crippen LogP contribution >= 0.6 is 0 Å². The number of methoxy groups -OCH3 is 2. The topological polar surface area (TPSA) is 48.4 Å². The molecule has 0 bridgehead atoms. The molecule has 0 unspecified atom stereocenters. The number of carbonyl (C=O) groups excluding carboxylic acids is 1. The third-order valence-corrected chi connectivity index (χ3v) is 1.57. The normalized spacial score (nSPS) is 9.69. The first-order valence-electron chi connectivity index (χ1n) is 3.80. The Kier molecular flexibility index (Phi) is 3.40. The van der Waals surface area contributed by atoms with Gasteiger partial charge < -0.3 is 9.47 Å². The maximum atomic E-state index is 11.2. The Morgan fingerprint density at radius 2 is 2.31 bits per heavy atom. The Bertz CT molecular complexity index is 299. The molecule has 1 heterocycles. The third kappa shape index (κ3) is 2.26. The van der Waals surface area contributed by atoms with Crippen molar-refractivity contribution in [2.45, 2.75) is 6.61 Å². The molecule has 0 saturated heterocycles. The molecule has 1 aromatic rings. The number of carbonyl (C=O) groups is 1. The number of aromatic nitrogens is 1. The summed E-state index contributed by atoms with van der Waals surface area (Å²) in [6, 6.07) is 3.53. The molecule has 70 valence electrons. The highest BCUT2D eigenvalue weighted by molar-refractivity contribution is 5.88. The molecule has 0 aromatic carbocycles. The molecule has 0 radical (unpaired) electrons. The van der Waals surface area contributed by atoms with Crippen molar-refractivity contribution in [3.8, 4) is 0 Å². The summed E-state index contributed by atoms with van der Waals surface area (Å²) in [5.41, 5.74) is 1.05. The Hall–Kier alpha value is -1.42. The lowest BCUT2D eigenvalue weighted by molar-refractivity contribution is 0.0588. The van der Waals surface area contributed by atoms with E-state index in [-0.39, 0.29) is 0 Å². The summed E-state index contributed by atoms with van der Waals surface area (Å²) >= 11 is 0. The van der Waals surface area contributed by atoms with Crippen LogP contribution in [0, 0.1) is 0 Å². The first-order valence-corrected chi connectivity index (χ1v) is 3.80. The Balaban J connectivity index is 2.97. The van der Waals surface area contributed by atoms with Gasteiger partial charge in [-0.1, -0.05) is 6.07 Å². The maximum absolute atomic E-state index is 11.2. The van der Waals surface area contributed by atoms with Crippen LogP contribution in [0.15, 0.2) is 18.3 Å². The molecule has 13 heavy (non-hydrogen) atoms. The number of hydrogen-bond acceptors (Lipinski definition) is 4. The second kappa shape index (κ2) is 4.57. The van der Waals surface area contributed by atoms with Gasteiger partial charge in [0, 0.05) is 18.9 Å². The van der Waals surface area contributed by atoms with Gasteiger partial charge in [-0.25, -0.2) is 9.78 Å². The molecule has 0 amide bonds. The van der Waals surface area contributed by atoms with Gasteiger partial charge in [-0.2, -0.15) is 0 Å². The minimum absolute atomic E-state index is 0.312. The first-order chi connectivity index (χ1) is 6.29. The van der Waals surface area contributed by atoms with Gasteiger partial charge in [0.25, 0.3) is 0 Å². The van der Waals surface area contributed by atoms with E-state index in [1.54, 1.807) is 25.4 Å². The van der Waals surface area contributed by atoms with Gasteiger partial charge >= 0.3 is 5.97 Å². The monoisotopic (exact) mass is 181 g/mol. The number of esters is 1. The Labute approximate surface area is 76.5 Å². The fraction of sp³-hybridized carbons (Fsp3) is 0.333. The molecular formula is C9H11NO3. The van der Waals surface area contributed by atoms with Gasteiger partial charge in [-0.3, -0.25) is 0 Å². The number of hydrogen-bond donors (Lipinski definition) is 0. The van der Waals surface area contributed by atoms with Gasteiger partial charge in [0.1, 0.15) is 0 Å². The molecule has 0 aliphatic rings. The molecule has 0 fully saturated rings. The van der Waals surface area contributed by atoms with Gasteiger partial charge in [0.2, 0.25) is 0 Å². The van der Waals surface area contributed by atoms with Crippen LogP contribution < -0.4 is 0 Å².